The lowest BCUT2D eigenvalue weighted by Crippen LogP contribution is -2.24. The molecular weight excluding hydrogens is 269 g/mol. The van der Waals surface area contributed by atoms with Gasteiger partial charge in [0.25, 0.3) is 5.91 Å². The maximum Gasteiger partial charge on any atom is 0.272 e. The second-order valence-corrected chi connectivity index (χ2v) is 4.99. The summed E-state index contributed by atoms with van der Waals surface area (Å²) in [5.74, 6) is -0.573. The number of halogens is 1. The summed E-state index contributed by atoms with van der Waals surface area (Å²) in [6.07, 6.45) is 4.20. The normalized spacial score (nSPS) is 13.0. The van der Waals surface area contributed by atoms with E-state index in [-0.39, 0.29) is 11.7 Å². The van der Waals surface area contributed by atoms with Gasteiger partial charge in [0.05, 0.1) is 0 Å². The molecule has 0 atom stereocenters. The Bertz CT molecular complexity index is 706. The van der Waals surface area contributed by atoms with E-state index in [4.69, 9.17) is 0 Å². The van der Waals surface area contributed by atoms with E-state index in [0.29, 0.717) is 17.9 Å². The minimum Gasteiger partial charge on any atom is -0.347 e. The van der Waals surface area contributed by atoms with Gasteiger partial charge in [-0.05, 0) is 31.4 Å². The van der Waals surface area contributed by atoms with Crippen molar-refractivity contribution in [1.29, 1.82) is 0 Å². The number of rotatable bonds is 4. The van der Waals surface area contributed by atoms with Crippen LogP contribution in [0.3, 0.4) is 0 Å². The molecule has 1 N–H and O–H groups in total. The highest BCUT2D eigenvalue weighted by atomic mass is 19.1. The third-order valence-corrected chi connectivity index (χ3v) is 3.63. The Hall–Kier alpha value is -2.43. The van der Waals surface area contributed by atoms with Crippen LogP contribution in [0.4, 0.5) is 4.39 Å². The lowest BCUT2D eigenvalue weighted by molar-refractivity contribution is 0.0951. The zero-order valence-electron chi connectivity index (χ0n) is 11.6. The summed E-state index contributed by atoms with van der Waals surface area (Å²) in [5, 5.41) is 7.08. The third-order valence-electron chi connectivity index (χ3n) is 3.63. The van der Waals surface area contributed by atoms with Crippen LogP contribution in [0.5, 0.6) is 0 Å². The van der Waals surface area contributed by atoms with Crippen molar-refractivity contribution in [2.75, 3.05) is 6.54 Å². The fourth-order valence-corrected chi connectivity index (χ4v) is 2.69. The summed E-state index contributed by atoms with van der Waals surface area (Å²) in [4.78, 5) is 12.2. The van der Waals surface area contributed by atoms with Crippen molar-refractivity contribution < 1.29 is 9.18 Å². The minimum absolute atomic E-state index is 0.233. The molecule has 1 aliphatic carbocycles. The van der Waals surface area contributed by atoms with E-state index in [0.717, 1.165) is 30.5 Å². The molecule has 5 heteroatoms. The van der Waals surface area contributed by atoms with Gasteiger partial charge in [-0.25, -0.2) is 9.07 Å². The highest BCUT2D eigenvalue weighted by molar-refractivity contribution is 5.94. The van der Waals surface area contributed by atoms with Crippen LogP contribution in [0, 0.1) is 5.82 Å². The first-order chi connectivity index (χ1) is 10.2. The molecule has 108 valence electrons. The second-order valence-electron chi connectivity index (χ2n) is 4.99. The van der Waals surface area contributed by atoms with E-state index in [9.17, 15) is 9.18 Å². The number of aromatic nitrogens is 2. The fraction of sp³-hybridized carbons (Fsp3) is 0.250. The Morgan fingerprint density at radius 2 is 2.24 bits per heavy atom. The number of carbonyl (C=O) groups excluding carboxylic acids is 1. The zero-order chi connectivity index (χ0) is 14.8. The Kier molecular flexibility index (Phi) is 3.56. The van der Waals surface area contributed by atoms with Crippen molar-refractivity contribution in [1.82, 2.24) is 15.1 Å². The van der Waals surface area contributed by atoms with Gasteiger partial charge in [0.1, 0.15) is 11.5 Å². The lowest BCUT2D eigenvalue weighted by Gasteiger charge is -2.06. The Labute approximate surface area is 122 Å². The van der Waals surface area contributed by atoms with E-state index in [1.54, 1.807) is 29.0 Å². The van der Waals surface area contributed by atoms with Crippen LogP contribution in [0.15, 0.2) is 36.9 Å². The molecule has 1 aliphatic rings. The lowest BCUT2D eigenvalue weighted by atomic mass is 10.2. The average Bonchev–Trinajstić information content (AvgIpc) is 3.07. The molecule has 1 amide bonds. The van der Waals surface area contributed by atoms with E-state index >= 15 is 0 Å². The number of nitrogens with zero attached hydrogens (tertiary/aromatic N) is 2. The van der Waals surface area contributed by atoms with Crippen molar-refractivity contribution >= 4 is 5.91 Å². The number of amides is 1. The molecule has 21 heavy (non-hydrogen) atoms. The Balaban J connectivity index is 2.06. The molecule has 0 saturated heterocycles. The van der Waals surface area contributed by atoms with Crippen molar-refractivity contribution in [3.8, 4) is 5.69 Å². The Morgan fingerprint density at radius 1 is 1.43 bits per heavy atom. The van der Waals surface area contributed by atoms with Gasteiger partial charge in [0.15, 0.2) is 5.69 Å². The van der Waals surface area contributed by atoms with Gasteiger partial charge in [-0.15, -0.1) is 6.58 Å². The molecule has 1 heterocycles. The maximum absolute atomic E-state index is 14.0. The highest BCUT2D eigenvalue weighted by Crippen LogP contribution is 2.28. The van der Waals surface area contributed by atoms with Gasteiger partial charge in [-0.3, -0.25) is 4.79 Å². The summed E-state index contributed by atoms with van der Waals surface area (Å²) in [7, 11) is 0. The van der Waals surface area contributed by atoms with Crippen molar-refractivity contribution in [3.05, 3.63) is 59.7 Å². The van der Waals surface area contributed by atoms with E-state index in [1.165, 1.54) is 6.07 Å². The van der Waals surface area contributed by atoms with Crippen LogP contribution in [0.2, 0.25) is 0 Å². The molecule has 0 unspecified atom stereocenters. The first-order valence-electron chi connectivity index (χ1n) is 6.97. The number of hydrogen-bond acceptors (Lipinski definition) is 2. The summed E-state index contributed by atoms with van der Waals surface area (Å²) in [6, 6.07) is 6.47. The molecule has 1 aromatic heterocycles. The molecule has 0 bridgehead atoms. The molecule has 2 aromatic rings. The molecular formula is C16H16FN3O. The van der Waals surface area contributed by atoms with E-state index in [2.05, 4.69) is 17.0 Å². The van der Waals surface area contributed by atoms with Crippen LogP contribution >= 0.6 is 0 Å². The molecule has 1 aromatic carbocycles. The average molecular weight is 285 g/mol. The van der Waals surface area contributed by atoms with Crippen LogP contribution in [-0.2, 0) is 12.8 Å². The van der Waals surface area contributed by atoms with Crippen LogP contribution < -0.4 is 5.32 Å². The predicted octanol–water partition coefficient (Wildman–Crippen LogP) is 2.42. The molecule has 0 fully saturated rings. The molecule has 4 nitrogen and oxygen atoms in total. The van der Waals surface area contributed by atoms with Gasteiger partial charge < -0.3 is 5.32 Å². The largest absolute Gasteiger partial charge is 0.347 e. The molecule has 0 spiro atoms. The van der Waals surface area contributed by atoms with Crippen LogP contribution in [-0.4, -0.2) is 22.2 Å². The number of benzene rings is 1. The number of nitrogens with one attached hydrogen (secondary N) is 1. The number of para-hydroxylation sites is 1. The predicted molar refractivity (Wildman–Crippen MR) is 78.1 cm³/mol. The first kappa shape index (κ1) is 13.5. The zero-order valence-corrected chi connectivity index (χ0v) is 11.6. The summed E-state index contributed by atoms with van der Waals surface area (Å²) in [5.41, 5.74) is 2.65. The third kappa shape index (κ3) is 2.35. The monoisotopic (exact) mass is 285 g/mol. The maximum atomic E-state index is 14.0. The van der Waals surface area contributed by atoms with E-state index in [1.807, 2.05) is 0 Å². The number of carbonyl (C=O) groups is 1. The summed E-state index contributed by atoms with van der Waals surface area (Å²) >= 11 is 0. The van der Waals surface area contributed by atoms with Crippen molar-refractivity contribution in [2.24, 2.45) is 0 Å². The quantitative estimate of drug-likeness (QED) is 0.877. The fourth-order valence-electron chi connectivity index (χ4n) is 2.69. The highest BCUT2D eigenvalue weighted by Gasteiger charge is 2.27. The standard InChI is InChI=1S/C16H16FN3O/c1-2-10-18-16(21)15-11-6-5-9-13(11)20(19-15)14-8-4-3-7-12(14)17/h2-4,7-8H,1,5-6,9-10H2,(H,18,21). The van der Waals surface area contributed by atoms with Crippen LogP contribution in [0.1, 0.15) is 28.2 Å². The first-order valence-corrected chi connectivity index (χ1v) is 6.97. The van der Waals surface area contributed by atoms with E-state index < -0.39 is 0 Å². The van der Waals surface area contributed by atoms with Crippen LogP contribution in [0.25, 0.3) is 5.69 Å². The van der Waals surface area contributed by atoms with Crippen molar-refractivity contribution in [3.63, 3.8) is 0 Å². The minimum atomic E-state index is -0.340. The van der Waals surface area contributed by atoms with Gasteiger partial charge in [0.2, 0.25) is 0 Å². The van der Waals surface area contributed by atoms with Gasteiger partial charge >= 0.3 is 0 Å². The molecule has 0 radical (unpaired) electrons. The van der Waals surface area contributed by atoms with Gasteiger partial charge in [-0.2, -0.15) is 5.10 Å². The second kappa shape index (κ2) is 5.52. The number of fused-ring (bicyclic) bond motifs is 1. The topological polar surface area (TPSA) is 46.9 Å². The SMILES string of the molecule is C=CCNC(=O)c1nn(-c2ccccc2F)c2c1CCC2. The number of hydrogen-bond donors (Lipinski definition) is 1. The Morgan fingerprint density at radius 3 is 3.00 bits per heavy atom. The van der Waals surface area contributed by atoms with Crippen molar-refractivity contribution in [2.45, 2.75) is 19.3 Å². The summed E-state index contributed by atoms with van der Waals surface area (Å²) in [6.45, 7) is 3.96. The molecule has 0 aliphatic heterocycles. The summed E-state index contributed by atoms with van der Waals surface area (Å²) < 4.78 is 15.6. The van der Waals surface area contributed by atoms with Gasteiger partial charge in [0, 0.05) is 17.8 Å². The van der Waals surface area contributed by atoms with Gasteiger partial charge in [-0.1, -0.05) is 18.2 Å². The molecule has 3 rings (SSSR count). The smallest absolute Gasteiger partial charge is 0.272 e. The molecule has 0 saturated carbocycles.